The van der Waals surface area contributed by atoms with E-state index < -0.39 is 18.2 Å². The molecule has 1 N–H and O–H groups in total. The number of aliphatic carboxylic acids is 1. The van der Waals surface area contributed by atoms with Crippen molar-refractivity contribution in [2.75, 3.05) is 19.7 Å². The van der Waals surface area contributed by atoms with E-state index in [1.807, 2.05) is 6.92 Å². The van der Waals surface area contributed by atoms with Crippen LogP contribution in [0.15, 0.2) is 0 Å². The molecule has 0 aromatic rings. The lowest BCUT2D eigenvalue weighted by atomic mass is 10.1. The summed E-state index contributed by atoms with van der Waals surface area (Å²) in [5.74, 6) is -0.924. The monoisotopic (exact) mass is 299 g/mol. The van der Waals surface area contributed by atoms with Crippen LogP contribution in [0.25, 0.3) is 0 Å². The second-order valence-corrected chi connectivity index (χ2v) is 5.81. The molecule has 6 nitrogen and oxygen atoms in total. The second kappa shape index (κ2) is 7.75. The van der Waals surface area contributed by atoms with E-state index >= 15 is 0 Å². The van der Waals surface area contributed by atoms with E-state index in [0.717, 1.165) is 12.8 Å². The topological polar surface area (TPSA) is 76.1 Å². The highest BCUT2D eigenvalue weighted by atomic mass is 16.5. The molecule has 2 aliphatic rings. The highest BCUT2D eigenvalue weighted by Crippen LogP contribution is 2.24. The van der Waals surface area contributed by atoms with E-state index in [1.165, 1.54) is 12.8 Å². The van der Waals surface area contributed by atoms with Crippen LogP contribution in [-0.2, 0) is 19.1 Å². The van der Waals surface area contributed by atoms with Crippen LogP contribution in [0.2, 0.25) is 0 Å². The van der Waals surface area contributed by atoms with Gasteiger partial charge in [-0.2, -0.15) is 0 Å². The van der Waals surface area contributed by atoms with Crippen LogP contribution in [0.3, 0.4) is 0 Å². The summed E-state index contributed by atoms with van der Waals surface area (Å²) in [7, 11) is 0. The Labute approximate surface area is 125 Å². The SMILES string of the molecule is CC[C@H](OC1CCCC1)C(=O)N1CCO[C@H](CC(=O)O)C1. The molecule has 0 unspecified atom stereocenters. The Morgan fingerprint density at radius 1 is 1.38 bits per heavy atom. The van der Waals surface area contributed by atoms with Crippen LogP contribution in [-0.4, -0.2) is 59.9 Å². The summed E-state index contributed by atoms with van der Waals surface area (Å²) in [5, 5.41) is 8.83. The number of carboxylic acids is 1. The lowest BCUT2D eigenvalue weighted by Crippen LogP contribution is -2.50. The zero-order valence-corrected chi connectivity index (χ0v) is 12.6. The first-order valence-corrected chi connectivity index (χ1v) is 7.87. The Balaban J connectivity index is 1.88. The fourth-order valence-corrected chi connectivity index (χ4v) is 3.03. The molecule has 1 heterocycles. The maximum Gasteiger partial charge on any atom is 0.306 e. The fourth-order valence-electron chi connectivity index (χ4n) is 3.03. The number of amides is 1. The summed E-state index contributed by atoms with van der Waals surface area (Å²) in [6.45, 7) is 3.20. The van der Waals surface area contributed by atoms with E-state index in [-0.39, 0.29) is 18.4 Å². The maximum atomic E-state index is 12.5. The quantitative estimate of drug-likeness (QED) is 0.803. The molecule has 0 aromatic heterocycles. The fraction of sp³-hybridized carbons (Fsp3) is 0.867. The molecule has 2 rings (SSSR count). The predicted molar refractivity (Wildman–Crippen MR) is 76.0 cm³/mol. The van der Waals surface area contributed by atoms with Crippen LogP contribution < -0.4 is 0 Å². The van der Waals surface area contributed by atoms with Crippen molar-refractivity contribution in [3.63, 3.8) is 0 Å². The molecule has 2 atom stereocenters. The van der Waals surface area contributed by atoms with Crippen LogP contribution in [0.1, 0.15) is 45.4 Å². The average molecular weight is 299 g/mol. The summed E-state index contributed by atoms with van der Waals surface area (Å²) in [4.78, 5) is 25.0. The number of nitrogens with zero attached hydrogens (tertiary/aromatic N) is 1. The van der Waals surface area contributed by atoms with Gasteiger partial charge in [-0.1, -0.05) is 19.8 Å². The van der Waals surface area contributed by atoms with Crippen LogP contribution >= 0.6 is 0 Å². The van der Waals surface area contributed by atoms with Crippen molar-refractivity contribution >= 4 is 11.9 Å². The molecule has 6 heteroatoms. The molecular formula is C15H25NO5. The first-order chi connectivity index (χ1) is 10.1. The number of carbonyl (C=O) groups excluding carboxylic acids is 1. The first-order valence-electron chi connectivity index (χ1n) is 7.87. The van der Waals surface area contributed by atoms with Crippen molar-refractivity contribution in [2.45, 2.75) is 63.8 Å². The minimum Gasteiger partial charge on any atom is -0.481 e. The lowest BCUT2D eigenvalue weighted by Gasteiger charge is -2.35. The van der Waals surface area contributed by atoms with Crippen molar-refractivity contribution in [2.24, 2.45) is 0 Å². The normalized spacial score (nSPS) is 25.0. The highest BCUT2D eigenvalue weighted by Gasteiger charge is 2.31. The summed E-state index contributed by atoms with van der Waals surface area (Å²) in [5.41, 5.74) is 0. The number of ether oxygens (including phenoxy) is 2. The molecule has 21 heavy (non-hydrogen) atoms. The highest BCUT2D eigenvalue weighted by molar-refractivity contribution is 5.81. The van der Waals surface area contributed by atoms with Crippen molar-refractivity contribution in [1.82, 2.24) is 4.90 Å². The minimum absolute atomic E-state index is 0.0249. The van der Waals surface area contributed by atoms with Gasteiger partial charge in [0.25, 0.3) is 5.91 Å². The maximum absolute atomic E-state index is 12.5. The molecule has 0 aromatic carbocycles. The lowest BCUT2D eigenvalue weighted by molar-refractivity contribution is -0.157. The summed E-state index contributed by atoms with van der Waals surface area (Å²) in [6, 6.07) is 0. The molecule has 120 valence electrons. The predicted octanol–water partition coefficient (Wildman–Crippen LogP) is 1.43. The number of carboxylic acid groups (broad SMARTS) is 1. The zero-order valence-electron chi connectivity index (χ0n) is 12.6. The summed E-state index contributed by atoms with van der Waals surface area (Å²) >= 11 is 0. The van der Waals surface area contributed by atoms with Crippen molar-refractivity contribution < 1.29 is 24.2 Å². The average Bonchev–Trinajstić information content (AvgIpc) is 2.96. The first kappa shape index (κ1) is 16.2. The third kappa shape index (κ3) is 4.68. The molecule has 0 radical (unpaired) electrons. The van der Waals surface area contributed by atoms with Crippen molar-refractivity contribution in [1.29, 1.82) is 0 Å². The van der Waals surface area contributed by atoms with Crippen molar-refractivity contribution in [3.8, 4) is 0 Å². The number of hydrogen-bond donors (Lipinski definition) is 1. The molecule has 0 spiro atoms. The Bertz CT molecular complexity index is 367. The van der Waals surface area contributed by atoms with Gasteiger partial charge in [-0.25, -0.2) is 0 Å². The van der Waals surface area contributed by atoms with E-state index in [9.17, 15) is 9.59 Å². The standard InChI is InChI=1S/C15H25NO5/c1-2-13(21-11-5-3-4-6-11)15(19)16-7-8-20-12(10-16)9-14(17)18/h11-13H,2-10H2,1H3,(H,17,18)/t12-,13+/m1/s1. The largest absolute Gasteiger partial charge is 0.481 e. The Morgan fingerprint density at radius 2 is 2.10 bits per heavy atom. The van der Waals surface area contributed by atoms with Gasteiger partial charge in [-0.15, -0.1) is 0 Å². The molecular weight excluding hydrogens is 274 g/mol. The second-order valence-electron chi connectivity index (χ2n) is 5.81. The van der Waals surface area contributed by atoms with E-state index in [1.54, 1.807) is 4.90 Å². The van der Waals surface area contributed by atoms with Crippen LogP contribution in [0, 0.1) is 0 Å². The Hall–Kier alpha value is -1.14. The Kier molecular flexibility index (Phi) is 5.99. The molecule has 1 saturated heterocycles. The van der Waals surface area contributed by atoms with Crippen LogP contribution in [0.4, 0.5) is 0 Å². The van der Waals surface area contributed by atoms with Gasteiger partial charge in [0.15, 0.2) is 0 Å². The van der Waals surface area contributed by atoms with E-state index in [4.69, 9.17) is 14.6 Å². The number of morpholine rings is 1. The summed E-state index contributed by atoms with van der Waals surface area (Å²) < 4.78 is 11.3. The summed E-state index contributed by atoms with van der Waals surface area (Å²) in [6.07, 6.45) is 4.39. The zero-order chi connectivity index (χ0) is 15.2. The third-order valence-electron chi connectivity index (χ3n) is 4.16. The Morgan fingerprint density at radius 3 is 2.71 bits per heavy atom. The van der Waals surface area contributed by atoms with E-state index in [2.05, 4.69) is 0 Å². The molecule has 1 aliphatic carbocycles. The van der Waals surface area contributed by atoms with Gasteiger partial charge in [0, 0.05) is 13.1 Å². The van der Waals surface area contributed by atoms with Gasteiger partial charge in [0.2, 0.25) is 0 Å². The molecule has 2 fully saturated rings. The molecule has 0 bridgehead atoms. The van der Waals surface area contributed by atoms with Gasteiger partial charge in [-0.3, -0.25) is 9.59 Å². The molecule has 1 saturated carbocycles. The smallest absolute Gasteiger partial charge is 0.306 e. The number of rotatable bonds is 6. The van der Waals surface area contributed by atoms with Gasteiger partial charge in [0.1, 0.15) is 6.10 Å². The number of carbonyl (C=O) groups is 2. The van der Waals surface area contributed by atoms with Gasteiger partial charge < -0.3 is 19.5 Å². The molecule has 1 amide bonds. The van der Waals surface area contributed by atoms with Gasteiger partial charge in [0.05, 0.1) is 25.2 Å². The van der Waals surface area contributed by atoms with Gasteiger partial charge >= 0.3 is 5.97 Å². The molecule has 1 aliphatic heterocycles. The van der Waals surface area contributed by atoms with Crippen molar-refractivity contribution in [3.05, 3.63) is 0 Å². The third-order valence-corrected chi connectivity index (χ3v) is 4.16. The number of hydrogen-bond acceptors (Lipinski definition) is 4. The minimum atomic E-state index is -0.899. The van der Waals surface area contributed by atoms with Crippen LogP contribution in [0.5, 0.6) is 0 Å². The van der Waals surface area contributed by atoms with Gasteiger partial charge in [-0.05, 0) is 19.3 Å². The van der Waals surface area contributed by atoms with E-state index in [0.29, 0.717) is 26.1 Å².